The lowest BCUT2D eigenvalue weighted by Gasteiger charge is -2.16. The molecule has 3 rings (SSSR count). The Kier molecular flexibility index (Phi) is 8.15. The fraction of sp³-hybridized carbons (Fsp3) is 0.435. The van der Waals surface area contributed by atoms with Gasteiger partial charge in [0.15, 0.2) is 0 Å². The van der Waals surface area contributed by atoms with Gasteiger partial charge in [0.1, 0.15) is 5.00 Å². The minimum absolute atomic E-state index is 0.137. The minimum Gasteiger partial charge on any atom is -0.462 e. The highest BCUT2D eigenvalue weighted by Gasteiger charge is 2.28. The summed E-state index contributed by atoms with van der Waals surface area (Å²) in [4.78, 5) is 39.1. The molecular weight excluding hydrogens is 432 g/mol. The summed E-state index contributed by atoms with van der Waals surface area (Å²) >= 11 is 2.94. The molecule has 0 fully saturated rings. The van der Waals surface area contributed by atoms with E-state index >= 15 is 0 Å². The summed E-state index contributed by atoms with van der Waals surface area (Å²) < 4.78 is 5.28. The lowest BCUT2D eigenvalue weighted by atomic mass is 9.95. The molecule has 2 amide bonds. The van der Waals surface area contributed by atoms with Crippen LogP contribution in [0.25, 0.3) is 0 Å². The average molecular weight is 461 g/mol. The van der Waals surface area contributed by atoms with Gasteiger partial charge in [-0.2, -0.15) is 0 Å². The Bertz CT molecular complexity index is 970. The highest BCUT2D eigenvalue weighted by molar-refractivity contribution is 8.00. The van der Waals surface area contributed by atoms with Crippen molar-refractivity contribution >= 4 is 51.6 Å². The van der Waals surface area contributed by atoms with Crippen molar-refractivity contribution in [2.45, 2.75) is 63.0 Å². The number of benzene rings is 1. The molecule has 8 heteroatoms. The number of aryl methyl sites for hydroxylation is 1. The largest absolute Gasteiger partial charge is 0.462 e. The van der Waals surface area contributed by atoms with Gasteiger partial charge in [-0.3, -0.25) is 9.59 Å². The van der Waals surface area contributed by atoms with E-state index in [1.54, 1.807) is 6.92 Å². The van der Waals surface area contributed by atoms with E-state index < -0.39 is 0 Å². The molecule has 0 spiro atoms. The minimum atomic E-state index is -0.360. The summed E-state index contributed by atoms with van der Waals surface area (Å²) in [5.41, 5.74) is 2.26. The first kappa shape index (κ1) is 23.3. The van der Waals surface area contributed by atoms with E-state index in [1.165, 1.54) is 34.9 Å². The predicted molar refractivity (Wildman–Crippen MR) is 126 cm³/mol. The van der Waals surface area contributed by atoms with Crippen LogP contribution in [0.1, 0.15) is 60.8 Å². The van der Waals surface area contributed by atoms with Gasteiger partial charge in [-0.25, -0.2) is 4.79 Å². The van der Waals surface area contributed by atoms with Crippen LogP contribution in [-0.4, -0.2) is 29.6 Å². The summed E-state index contributed by atoms with van der Waals surface area (Å²) in [6.07, 6.45) is 4.55. The van der Waals surface area contributed by atoms with Crippen LogP contribution >= 0.6 is 23.1 Å². The lowest BCUT2D eigenvalue weighted by Crippen LogP contribution is -2.25. The van der Waals surface area contributed by atoms with E-state index in [1.807, 2.05) is 31.2 Å². The monoisotopic (exact) mass is 460 g/mol. The maximum absolute atomic E-state index is 13.1. The second-order valence-corrected chi connectivity index (χ2v) is 9.73. The number of thioether (sulfide) groups is 1. The molecule has 1 aliphatic rings. The third-order valence-corrected chi connectivity index (χ3v) is 7.55. The zero-order valence-electron chi connectivity index (χ0n) is 18.1. The van der Waals surface area contributed by atoms with E-state index in [9.17, 15) is 14.4 Å². The average Bonchev–Trinajstić information content (AvgIpc) is 3.09. The first-order chi connectivity index (χ1) is 14.9. The highest BCUT2D eigenvalue weighted by Crippen LogP contribution is 2.39. The summed E-state index contributed by atoms with van der Waals surface area (Å²) in [7, 11) is 0. The molecule has 2 N–H and O–H groups in total. The third kappa shape index (κ3) is 5.89. The maximum atomic E-state index is 13.1. The molecule has 1 heterocycles. The normalized spacial score (nSPS) is 13.8. The SMILES string of the molecule is CCOC(=O)c1c(NC(=O)C(CC)Sc2cccc(NC(C)=O)c2)sc2c1CCCC2. The number of hydrogen-bond donors (Lipinski definition) is 2. The number of nitrogens with one attached hydrogen (secondary N) is 2. The number of hydrogen-bond acceptors (Lipinski definition) is 6. The number of carbonyl (C=O) groups is 3. The van der Waals surface area contributed by atoms with Gasteiger partial charge in [-0.15, -0.1) is 23.1 Å². The van der Waals surface area contributed by atoms with Gasteiger partial charge in [0.25, 0.3) is 0 Å². The smallest absolute Gasteiger partial charge is 0.341 e. The van der Waals surface area contributed by atoms with Gasteiger partial charge >= 0.3 is 5.97 Å². The van der Waals surface area contributed by atoms with Crippen molar-refractivity contribution in [3.8, 4) is 0 Å². The molecule has 6 nitrogen and oxygen atoms in total. The van der Waals surface area contributed by atoms with E-state index in [0.717, 1.165) is 36.1 Å². The van der Waals surface area contributed by atoms with E-state index in [2.05, 4.69) is 10.6 Å². The van der Waals surface area contributed by atoms with E-state index in [0.29, 0.717) is 29.3 Å². The van der Waals surface area contributed by atoms with Crippen LogP contribution in [0.3, 0.4) is 0 Å². The molecule has 2 aromatic rings. The number of esters is 1. The molecule has 1 aromatic heterocycles. The number of anilines is 2. The van der Waals surface area contributed by atoms with Crippen LogP contribution in [0.15, 0.2) is 29.2 Å². The zero-order chi connectivity index (χ0) is 22.4. The molecular formula is C23H28N2O4S2. The zero-order valence-corrected chi connectivity index (χ0v) is 19.7. The summed E-state index contributed by atoms with van der Waals surface area (Å²) in [5.74, 6) is -0.637. The maximum Gasteiger partial charge on any atom is 0.341 e. The molecule has 1 aromatic carbocycles. The fourth-order valence-corrected chi connectivity index (χ4v) is 5.90. The summed E-state index contributed by atoms with van der Waals surface area (Å²) in [5, 5.41) is 6.04. The van der Waals surface area contributed by atoms with Crippen LogP contribution in [0, 0.1) is 0 Å². The van der Waals surface area contributed by atoms with Crippen molar-refractivity contribution in [2.75, 3.05) is 17.2 Å². The molecule has 1 aliphatic carbocycles. The molecule has 0 aliphatic heterocycles. The van der Waals surface area contributed by atoms with E-state index in [4.69, 9.17) is 4.74 Å². The van der Waals surface area contributed by atoms with Crippen LogP contribution in [-0.2, 0) is 27.2 Å². The molecule has 1 atom stereocenters. The van der Waals surface area contributed by atoms with Crippen molar-refractivity contribution in [1.82, 2.24) is 0 Å². The topological polar surface area (TPSA) is 84.5 Å². The van der Waals surface area contributed by atoms with Crippen molar-refractivity contribution in [1.29, 1.82) is 0 Å². The number of ether oxygens (including phenoxy) is 1. The second-order valence-electron chi connectivity index (χ2n) is 7.35. The Morgan fingerprint density at radius 1 is 1.16 bits per heavy atom. The lowest BCUT2D eigenvalue weighted by molar-refractivity contribution is -0.116. The van der Waals surface area contributed by atoms with Gasteiger partial charge in [0.2, 0.25) is 11.8 Å². The Balaban J connectivity index is 1.79. The standard InChI is InChI=1S/C23H28N2O4S2/c1-4-18(30-16-10-8-9-15(13-16)24-14(3)26)21(27)25-22-20(23(28)29-5-2)17-11-6-7-12-19(17)31-22/h8-10,13,18H,4-7,11-12H2,1-3H3,(H,24,26)(H,25,27). The number of rotatable bonds is 8. The van der Waals surface area contributed by atoms with Gasteiger partial charge < -0.3 is 15.4 Å². The fourth-order valence-electron chi connectivity index (χ4n) is 3.60. The van der Waals surface area contributed by atoms with Crippen LogP contribution in [0.5, 0.6) is 0 Å². The molecule has 166 valence electrons. The van der Waals surface area contributed by atoms with Crippen molar-refractivity contribution in [3.05, 3.63) is 40.3 Å². The molecule has 0 bridgehead atoms. The quantitative estimate of drug-likeness (QED) is 0.414. The first-order valence-electron chi connectivity index (χ1n) is 10.6. The number of carbonyl (C=O) groups excluding carboxylic acids is 3. The Hall–Kier alpha value is -2.32. The Morgan fingerprint density at radius 2 is 1.94 bits per heavy atom. The Morgan fingerprint density at radius 3 is 2.65 bits per heavy atom. The molecule has 0 saturated heterocycles. The van der Waals surface area contributed by atoms with Crippen LogP contribution in [0.4, 0.5) is 10.7 Å². The predicted octanol–water partition coefficient (Wildman–Crippen LogP) is 5.27. The third-order valence-electron chi connectivity index (χ3n) is 4.98. The second kappa shape index (κ2) is 10.8. The molecule has 0 radical (unpaired) electrons. The van der Waals surface area contributed by atoms with Crippen LogP contribution < -0.4 is 10.6 Å². The van der Waals surface area contributed by atoms with Crippen molar-refractivity contribution < 1.29 is 19.1 Å². The molecule has 0 saturated carbocycles. The molecule has 1 unspecified atom stereocenters. The van der Waals surface area contributed by atoms with Crippen LogP contribution in [0.2, 0.25) is 0 Å². The van der Waals surface area contributed by atoms with Gasteiger partial charge in [0.05, 0.1) is 17.4 Å². The van der Waals surface area contributed by atoms with Gasteiger partial charge in [0, 0.05) is 22.4 Å². The summed E-state index contributed by atoms with van der Waals surface area (Å²) in [6.45, 7) is 5.51. The van der Waals surface area contributed by atoms with E-state index in [-0.39, 0.29) is 23.0 Å². The number of thiophene rings is 1. The highest BCUT2D eigenvalue weighted by atomic mass is 32.2. The first-order valence-corrected chi connectivity index (χ1v) is 12.3. The van der Waals surface area contributed by atoms with Gasteiger partial charge in [-0.05, 0) is 62.8 Å². The number of fused-ring (bicyclic) bond motifs is 1. The van der Waals surface area contributed by atoms with Crippen molar-refractivity contribution in [3.63, 3.8) is 0 Å². The van der Waals surface area contributed by atoms with Crippen molar-refractivity contribution in [2.24, 2.45) is 0 Å². The summed E-state index contributed by atoms with van der Waals surface area (Å²) in [6, 6.07) is 7.44. The molecule has 31 heavy (non-hydrogen) atoms. The van der Waals surface area contributed by atoms with Gasteiger partial charge in [-0.1, -0.05) is 13.0 Å². The number of amides is 2. The Labute approximate surface area is 191 Å².